The Hall–Kier alpha value is -7.24. The Labute approximate surface area is 420 Å². The lowest BCUT2D eigenvalue weighted by molar-refractivity contribution is -0.571. The van der Waals surface area contributed by atoms with Crippen molar-refractivity contribution >= 4 is 32.8 Å². The number of pyridine rings is 1. The Morgan fingerprint density at radius 2 is 1.30 bits per heavy atom. The van der Waals surface area contributed by atoms with Crippen molar-refractivity contribution < 1.29 is 23.0 Å². The van der Waals surface area contributed by atoms with E-state index in [1.807, 2.05) is 65.4 Å². The smallest absolute Gasteiger partial charge is 0.269 e. The van der Waals surface area contributed by atoms with Gasteiger partial charge in [0.05, 0.1) is 47.1 Å². The van der Waals surface area contributed by atoms with E-state index in [-0.39, 0.29) is 49.6 Å². The fourth-order valence-electron chi connectivity index (χ4n) is 11.3. The van der Waals surface area contributed by atoms with Crippen molar-refractivity contribution in [2.45, 2.75) is 103 Å². The third kappa shape index (κ3) is 7.03. The Kier molecular flexibility index (Phi) is 7.55. The van der Waals surface area contributed by atoms with Crippen LogP contribution in [0.15, 0.2) is 170 Å². The van der Waals surface area contributed by atoms with Crippen molar-refractivity contribution in [3.05, 3.63) is 198 Å². The highest BCUT2D eigenvalue weighted by Gasteiger charge is 2.48. The summed E-state index contributed by atoms with van der Waals surface area (Å²) in [5.74, 6) is 2.00. The molecule has 0 radical (unpaired) electrons. The fourth-order valence-corrected chi connectivity index (χ4v) is 11.3. The van der Waals surface area contributed by atoms with Crippen molar-refractivity contribution in [1.29, 1.82) is 0 Å². The number of aromatic nitrogens is 4. The molecule has 5 heteroatoms. The van der Waals surface area contributed by atoms with Gasteiger partial charge in [0.15, 0.2) is 0 Å². The molecule has 0 saturated carbocycles. The maximum atomic E-state index is 9.09. The van der Waals surface area contributed by atoms with Crippen LogP contribution in [0.2, 0.25) is 0 Å². The normalized spacial score (nSPS) is 19.4. The molecule has 0 bridgehead atoms. The topological polar surface area (TPSA) is 35.9 Å². The molecule has 3 heterocycles. The summed E-state index contributed by atoms with van der Waals surface area (Å²) >= 11 is 0. The van der Waals surface area contributed by atoms with E-state index >= 15 is 0 Å². The van der Waals surface area contributed by atoms with E-state index in [0.717, 1.165) is 47.9 Å². The molecule has 2 aliphatic rings. The molecular weight excluding hydrogens is 841 g/mol. The van der Waals surface area contributed by atoms with Gasteiger partial charge in [-0.3, -0.25) is 13.7 Å². The molecule has 0 spiro atoms. The first-order valence-corrected chi connectivity index (χ1v) is 24.0. The lowest BCUT2D eigenvalue weighted by Gasteiger charge is -2.51. The molecule has 1 atom stereocenters. The van der Waals surface area contributed by atoms with Crippen LogP contribution in [0, 0.1) is 6.33 Å². The Balaban J connectivity index is 1.05. The number of hydrogen-bond acceptors (Lipinski definition) is 2. The number of para-hydroxylation sites is 3. The van der Waals surface area contributed by atoms with Gasteiger partial charge in [0.2, 0.25) is 0 Å². The van der Waals surface area contributed by atoms with Gasteiger partial charge in [-0.1, -0.05) is 164 Å². The summed E-state index contributed by atoms with van der Waals surface area (Å²) in [5, 5.41) is 2.41. The predicted octanol–water partition coefficient (Wildman–Crippen LogP) is 16.0. The van der Waals surface area contributed by atoms with Gasteiger partial charge in [-0.2, -0.15) is 0 Å². The number of fused-ring (bicyclic) bond motifs is 5. The quantitative estimate of drug-likeness (QED) is 0.118. The molecule has 342 valence electrons. The van der Waals surface area contributed by atoms with Crippen molar-refractivity contribution in [2.24, 2.45) is 0 Å². The second-order valence-corrected chi connectivity index (χ2v) is 21.6. The van der Waals surface area contributed by atoms with Gasteiger partial charge in [0.25, 0.3) is 6.33 Å². The minimum atomic E-state index is -0.561. The first-order valence-electron chi connectivity index (χ1n) is 29.0. The highest BCUT2D eigenvalue weighted by Crippen LogP contribution is 2.59. The third-order valence-electron chi connectivity index (χ3n) is 15.2. The molecule has 3 aromatic heterocycles. The van der Waals surface area contributed by atoms with Crippen LogP contribution in [0.3, 0.4) is 0 Å². The number of imidazole rings is 1. The average Bonchev–Trinajstić information content (AvgIpc) is 3.48. The zero-order chi connectivity index (χ0) is 56.2. The Morgan fingerprint density at radius 1 is 0.638 bits per heavy atom. The van der Waals surface area contributed by atoms with Crippen LogP contribution in [-0.2, 0) is 21.7 Å². The number of nitrogens with zero attached hydrogens (tertiary/aromatic N) is 4. The highest BCUT2D eigenvalue weighted by atomic mass is 16.5. The SMILES string of the molecule is [2H]c1c([2H])c([2H])c(-c2cccc(-c3c([2H])c([2H])c([2H])c([2H])c3[2H])c2-[n+]2[c-]n(-c3cccc(Oc4ccc5c6c7c8c(cc6n(-c6cc(C(C)(C)C)ccn6)c5c4)C(C)(C)CCC8(C)CCC7(C)C)c3)c3ccccc32)c([2H])c1[2H]. The average molecular weight is 911 g/mol. The van der Waals surface area contributed by atoms with Crippen LogP contribution >= 0.6 is 0 Å². The van der Waals surface area contributed by atoms with Gasteiger partial charge in [-0.15, -0.1) is 0 Å². The maximum Gasteiger partial charge on any atom is 0.269 e. The third-order valence-corrected chi connectivity index (χ3v) is 15.2. The highest BCUT2D eigenvalue weighted by molar-refractivity contribution is 6.12. The van der Waals surface area contributed by atoms with Crippen LogP contribution in [0.5, 0.6) is 11.5 Å². The number of ether oxygens (including phenoxy) is 1. The van der Waals surface area contributed by atoms with E-state index < -0.39 is 60.4 Å². The van der Waals surface area contributed by atoms with Crippen LogP contribution in [-0.4, -0.2) is 14.1 Å². The van der Waals surface area contributed by atoms with Crippen molar-refractivity contribution in [1.82, 2.24) is 14.1 Å². The molecule has 12 rings (SSSR count). The molecule has 10 aromatic rings. The summed E-state index contributed by atoms with van der Waals surface area (Å²) in [4.78, 5) is 5.10. The molecule has 69 heavy (non-hydrogen) atoms. The van der Waals surface area contributed by atoms with E-state index in [0.29, 0.717) is 28.2 Å². The summed E-state index contributed by atoms with van der Waals surface area (Å²) in [5.41, 5.74) is 9.74. The van der Waals surface area contributed by atoms with Crippen LogP contribution in [0.4, 0.5) is 0 Å². The number of benzene rings is 7. The van der Waals surface area contributed by atoms with E-state index in [1.54, 1.807) is 22.8 Å². The molecule has 1 unspecified atom stereocenters. The summed E-state index contributed by atoms with van der Waals surface area (Å²) in [6.07, 6.45) is 9.93. The van der Waals surface area contributed by atoms with E-state index in [2.05, 4.69) is 96.6 Å². The maximum absolute atomic E-state index is 9.09. The fraction of sp³-hybridized carbons (Fsp3) is 0.250. The van der Waals surface area contributed by atoms with E-state index in [9.17, 15) is 0 Å². The van der Waals surface area contributed by atoms with Crippen LogP contribution in [0.25, 0.3) is 72.3 Å². The Morgan fingerprint density at radius 3 is 2.01 bits per heavy atom. The van der Waals surface area contributed by atoms with Crippen LogP contribution in [0.1, 0.15) is 117 Å². The van der Waals surface area contributed by atoms with Crippen LogP contribution < -0.4 is 9.30 Å². The van der Waals surface area contributed by atoms with Gasteiger partial charge >= 0.3 is 0 Å². The molecule has 0 N–H and O–H groups in total. The van der Waals surface area contributed by atoms with Crippen molar-refractivity contribution in [3.63, 3.8) is 0 Å². The van der Waals surface area contributed by atoms with Crippen molar-refractivity contribution in [2.75, 3.05) is 0 Å². The summed E-state index contributed by atoms with van der Waals surface area (Å²) in [7, 11) is 0. The second-order valence-electron chi connectivity index (χ2n) is 21.6. The lowest BCUT2D eigenvalue weighted by atomic mass is 9.53. The standard InChI is InChI=1S/C64H60N4O/c1-61(2,3)44-31-36-65-56(37-44)68-54-39-47(29-30-50(54)57-55(68)40-51-58-59(57)63(6,7)33-35-64(58,8)34-32-62(51,4)5)69-46-24-17-23-45(38-46)66-41-67(53-28-16-15-27-52(53)66)60-48(42-19-11-9-12-20-42)25-18-26-49(60)43-21-13-10-14-22-43/h9-31,36-40H,32-35H2,1-8H3/i9D,10D,11D,12D,13D,14D,19D,20D,21D,22D. The first-order chi connectivity index (χ1) is 37.3. The summed E-state index contributed by atoms with van der Waals surface area (Å²) in [6.45, 7) is 18.8. The number of hydrogen-bond donors (Lipinski definition) is 0. The zero-order valence-corrected chi connectivity index (χ0v) is 40.4. The molecular formula is C64H60N4O. The van der Waals surface area contributed by atoms with Gasteiger partial charge < -0.3 is 4.74 Å². The first kappa shape index (κ1) is 33.3. The largest absolute Gasteiger partial charge is 0.458 e. The molecule has 5 nitrogen and oxygen atoms in total. The van der Waals surface area contributed by atoms with E-state index in [4.69, 9.17) is 23.4 Å². The molecule has 7 aromatic carbocycles. The predicted molar refractivity (Wildman–Crippen MR) is 284 cm³/mol. The second kappa shape index (κ2) is 15.6. The van der Waals surface area contributed by atoms with Gasteiger partial charge in [-0.25, -0.2) is 4.98 Å². The monoisotopic (exact) mass is 911 g/mol. The van der Waals surface area contributed by atoms with Gasteiger partial charge in [0, 0.05) is 23.0 Å². The lowest BCUT2D eigenvalue weighted by Crippen LogP contribution is -2.43. The molecule has 0 saturated heterocycles. The van der Waals surface area contributed by atoms with E-state index in [1.165, 1.54) is 27.6 Å². The molecule has 0 amide bonds. The molecule has 0 aliphatic heterocycles. The molecule has 2 aliphatic carbocycles. The molecule has 0 fully saturated rings. The van der Waals surface area contributed by atoms with Gasteiger partial charge in [-0.05, 0) is 140 Å². The summed E-state index contributed by atoms with van der Waals surface area (Å²) < 4.78 is 100. The zero-order valence-electron chi connectivity index (χ0n) is 50.4. The minimum Gasteiger partial charge on any atom is -0.458 e. The Bertz CT molecular complexity index is 4110. The minimum absolute atomic E-state index is 0.0193. The van der Waals surface area contributed by atoms with Crippen molar-refractivity contribution in [3.8, 4) is 50.9 Å². The number of rotatable bonds is 7. The summed E-state index contributed by atoms with van der Waals surface area (Å²) in [6, 6.07) is 27.9. The van der Waals surface area contributed by atoms with Gasteiger partial charge in [0.1, 0.15) is 17.3 Å².